The first kappa shape index (κ1) is 15.8. The number of carbonyl (C=O) groups excluding carboxylic acids is 1. The zero-order chi connectivity index (χ0) is 15.9. The number of halogens is 1. The molecule has 1 heterocycles. The molecule has 0 spiro atoms. The number of carbonyl (C=O) groups is 1. The number of benzene rings is 1. The number of pyridine rings is 1. The summed E-state index contributed by atoms with van der Waals surface area (Å²) in [4.78, 5) is 26.7. The van der Waals surface area contributed by atoms with E-state index < -0.39 is 5.91 Å². The summed E-state index contributed by atoms with van der Waals surface area (Å²) in [5.74, 6) is -0.406. The summed E-state index contributed by atoms with van der Waals surface area (Å²) < 4.78 is 0. The molecular weight excluding hydrogens is 304 g/mol. The summed E-state index contributed by atoms with van der Waals surface area (Å²) in [5.41, 5.74) is 4.36. The highest BCUT2D eigenvalue weighted by atomic mass is 35.5. The lowest BCUT2D eigenvalue weighted by Crippen LogP contribution is -2.22. The van der Waals surface area contributed by atoms with Crippen LogP contribution in [0.25, 0.3) is 0 Å². The third-order valence-corrected chi connectivity index (χ3v) is 3.15. The van der Waals surface area contributed by atoms with E-state index >= 15 is 0 Å². The highest BCUT2D eigenvalue weighted by molar-refractivity contribution is 6.31. The Morgan fingerprint density at radius 3 is 2.82 bits per heavy atom. The van der Waals surface area contributed by atoms with Gasteiger partial charge >= 0.3 is 0 Å². The lowest BCUT2D eigenvalue weighted by Gasteiger charge is -2.06. The number of aryl methyl sites for hydroxylation is 1. The Morgan fingerprint density at radius 1 is 1.32 bits per heavy atom. The number of nitrogens with one attached hydrogen (secondary N) is 1. The lowest BCUT2D eigenvalue weighted by atomic mass is 10.1. The van der Waals surface area contributed by atoms with Crippen LogP contribution in [0.4, 0.5) is 0 Å². The molecule has 6 nitrogen and oxygen atoms in total. The number of rotatable bonds is 5. The fourth-order valence-electron chi connectivity index (χ4n) is 1.82. The quantitative estimate of drug-likeness (QED) is 0.523. The summed E-state index contributed by atoms with van der Waals surface area (Å²) in [5, 5.41) is 7.31. The van der Waals surface area contributed by atoms with Crippen molar-refractivity contribution in [2.24, 2.45) is 10.3 Å². The summed E-state index contributed by atoms with van der Waals surface area (Å²) in [7, 11) is 0. The van der Waals surface area contributed by atoms with E-state index in [4.69, 9.17) is 11.6 Å². The molecular formula is C15H13ClN4O2. The van der Waals surface area contributed by atoms with Gasteiger partial charge in [-0.1, -0.05) is 28.9 Å². The molecule has 0 fully saturated rings. The van der Waals surface area contributed by atoms with E-state index in [1.807, 2.05) is 0 Å². The number of hydrogen-bond acceptors (Lipinski definition) is 5. The fourth-order valence-corrected chi connectivity index (χ4v) is 2.01. The second kappa shape index (κ2) is 7.42. The van der Waals surface area contributed by atoms with Crippen LogP contribution in [0.3, 0.4) is 0 Å². The number of aromatic nitrogens is 1. The highest BCUT2D eigenvalue weighted by Gasteiger charge is 2.10. The van der Waals surface area contributed by atoms with E-state index in [0.29, 0.717) is 27.6 Å². The molecule has 0 aliphatic rings. The second-order valence-corrected chi connectivity index (χ2v) is 4.87. The summed E-state index contributed by atoms with van der Waals surface area (Å²) in [6.07, 6.45) is 1.60. The number of nitroso groups, excluding NO2 is 1. The van der Waals surface area contributed by atoms with E-state index in [9.17, 15) is 9.70 Å². The summed E-state index contributed by atoms with van der Waals surface area (Å²) >= 11 is 5.91. The predicted molar refractivity (Wildman–Crippen MR) is 85.1 cm³/mol. The zero-order valence-electron chi connectivity index (χ0n) is 11.8. The Balaban J connectivity index is 2.22. The van der Waals surface area contributed by atoms with Gasteiger partial charge in [0.2, 0.25) is 0 Å². The largest absolute Gasteiger partial charge is 0.273 e. The number of amides is 1. The van der Waals surface area contributed by atoms with Crippen LogP contribution >= 0.6 is 11.6 Å². The maximum Gasteiger partial charge on any atom is 0.273 e. The first-order valence-electron chi connectivity index (χ1n) is 6.45. The zero-order valence-corrected chi connectivity index (χ0v) is 12.5. The maximum atomic E-state index is 12.1. The van der Waals surface area contributed by atoms with Crippen molar-refractivity contribution in [1.29, 1.82) is 0 Å². The normalized spacial score (nSPS) is 11.1. The van der Waals surface area contributed by atoms with Gasteiger partial charge < -0.3 is 0 Å². The van der Waals surface area contributed by atoms with E-state index in [1.165, 1.54) is 0 Å². The van der Waals surface area contributed by atoms with Crippen molar-refractivity contribution in [2.45, 2.75) is 6.92 Å². The van der Waals surface area contributed by atoms with E-state index in [0.717, 1.165) is 0 Å². The van der Waals surface area contributed by atoms with Gasteiger partial charge in [-0.15, -0.1) is 0 Å². The van der Waals surface area contributed by atoms with Crippen LogP contribution in [0.5, 0.6) is 0 Å². The van der Waals surface area contributed by atoms with Crippen molar-refractivity contribution >= 4 is 23.2 Å². The molecule has 1 aromatic heterocycles. The van der Waals surface area contributed by atoms with Crippen molar-refractivity contribution in [3.63, 3.8) is 0 Å². The summed E-state index contributed by atoms with van der Waals surface area (Å²) in [6, 6.07) is 10.1. The van der Waals surface area contributed by atoms with Gasteiger partial charge in [-0.25, -0.2) is 5.43 Å². The minimum Gasteiger partial charge on any atom is -0.267 e. The number of hydrazone groups is 1. The number of hydrogen-bond donors (Lipinski definition) is 1. The molecule has 112 valence electrons. The van der Waals surface area contributed by atoms with Crippen molar-refractivity contribution in [1.82, 2.24) is 10.4 Å². The van der Waals surface area contributed by atoms with Gasteiger partial charge in [0.15, 0.2) is 0 Å². The molecule has 0 atom stereocenters. The van der Waals surface area contributed by atoms with Gasteiger partial charge in [-0.05, 0) is 31.2 Å². The van der Waals surface area contributed by atoms with Gasteiger partial charge in [-0.3, -0.25) is 9.78 Å². The van der Waals surface area contributed by atoms with Crippen LogP contribution in [0.2, 0.25) is 5.02 Å². The van der Waals surface area contributed by atoms with Gasteiger partial charge in [0.25, 0.3) is 5.91 Å². The molecule has 1 amide bonds. The first-order valence-corrected chi connectivity index (χ1v) is 6.83. The molecule has 1 N–H and O–H groups in total. The Morgan fingerprint density at radius 2 is 2.14 bits per heavy atom. The standard InChI is InChI=1S/C15H13ClN4O2/c1-10-13(6-3-7-17-10)15(21)20-19-14(9-18-22)11-4-2-5-12(16)8-11/h2-8H,9H2,1H3,(H,20,21). The van der Waals surface area contributed by atoms with Crippen LogP contribution in [-0.4, -0.2) is 23.1 Å². The van der Waals surface area contributed by atoms with Crippen LogP contribution in [0.15, 0.2) is 52.9 Å². The minimum absolute atomic E-state index is 0.174. The molecule has 0 aliphatic carbocycles. The average Bonchev–Trinajstić information content (AvgIpc) is 2.51. The molecule has 22 heavy (non-hydrogen) atoms. The van der Waals surface area contributed by atoms with Crippen LogP contribution < -0.4 is 5.43 Å². The van der Waals surface area contributed by atoms with Gasteiger partial charge in [0.1, 0.15) is 6.54 Å². The van der Waals surface area contributed by atoms with Crippen LogP contribution in [-0.2, 0) is 0 Å². The smallest absolute Gasteiger partial charge is 0.267 e. The molecule has 0 saturated carbocycles. The molecule has 2 rings (SSSR count). The third-order valence-electron chi connectivity index (χ3n) is 2.92. The van der Waals surface area contributed by atoms with Crippen molar-refractivity contribution in [3.05, 3.63) is 69.3 Å². The molecule has 0 radical (unpaired) electrons. The van der Waals surface area contributed by atoms with E-state index in [-0.39, 0.29) is 6.54 Å². The number of nitrogens with zero attached hydrogens (tertiary/aromatic N) is 3. The average molecular weight is 317 g/mol. The molecule has 7 heteroatoms. The monoisotopic (exact) mass is 316 g/mol. The van der Waals surface area contributed by atoms with E-state index in [1.54, 1.807) is 49.5 Å². The van der Waals surface area contributed by atoms with Crippen molar-refractivity contribution in [3.8, 4) is 0 Å². The van der Waals surface area contributed by atoms with Crippen LogP contribution in [0.1, 0.15) is 21.6 Å². The van der Waals surface area contributed by atoms with Gasteiger partial charge in [0.05, 0.1) is 17.0 Å². The van der Waals surface area contributed by atoms with Crippen LogP contribution in [0, 0.1) is 11.8 Å². The lowest BCUT2D eigenvalue weighted by molar-refractivity contribution is 0.0954. The molecule has 0 aliphatic heterocycles. The third kappa shape index (κ3) is 3.95. The topological polar surface area (TPSA) is 83.8 Å². The molecule has 0 bridgehead atoms. The van der Waals surface area contributed by atoms with Gasteiger partial charge in [0, 0.05) is 16.8 Å². The fraction of sp³-hybridized carbons (Fsp3) is 0.133. The van der Waals surface area contributed by atoms with Crippen molar-refractivity contribution < 1.29 is 4.79 Å². The summed E-state index contributed by atoms with van der Waals surface area (Å²) in [6.45, 7) is 1.55. The Labute approximate surface area is 132 Å². The first-order chi connectivity index (χ1) is 10.6. The Bertz CT molecular complexity index is 731. The van der Waals surface area contributed by atoms with E-state index in [2.05, 4.69) is 20.7 Å². The highest BCUT2D eigenvalue weighted by Crippen LogP contribution is 2.12. The minimum atomic E-state index is -0.406. The molecule has 2 aromatic rings. The molecule has 1 aromatic carbocycles. The maximum absolute atomic E-state index is 12.1. The Hall–Kier alpha value is -2.60. The predicted octanol–water partition coefficient (Wildman–Crippen LogP) is 2.94. The molecule has 0 unspecified atom stereocenters. The SMILES string of the molecule is Cc1ncccc1C(=O)NN=C(CN=O)c1cccc(Cl)c1. The second-order valence-electron chi connectivity index (χ2n) is 4.43. The van der Waals surface area contributed by atoms with Crippen molar-refractivity contribution in [2.75, 3.05) is 6.54 Å². The van der Waals surface area contributed by atoms with Gasteiger partial charge in [-0.2, -0.15) is 10.0 Å². The Kier molecular flexibility index (Phi) is 5.32. The molecule has 0 saturated heterocycles.